The molecule has 0 fully saturated rings. The lowest BCUT2D eigenvalue weighted by atomic mass is 9.87. The van der Waals surface area contributed by atoms with E-state index in [0.29, 0.717) is 18.7 Å². The van der Waals surface area contributed by atoms with Crippen molar-refractivity contribution < 1.29 is 4.79 Å². The summed E-state index contributed by atoms with van der Waals surface area (Å²) in [6, 6.07) is 3.42. The van der Waals surface area contributed by atoms with Gasteiger partial charge in [0.25, 0.3) is 5.91 Å². The van der Waals surface area contributed by atoms with Gasteiger partial charge in [0.1, 0.15) is 0 Å². The fourth-order valence-electron chi connectivity index (χ4n) is 1.59. The van der Waals surface area contributed by atoms with Gasteiger partial charge < -0.3 is 11.1 Å². The van der Waals surface area contributed by atoms with Crippen molar-refractivity contribution in [2.75, 3.05) is 13.1 Å². The molecule has 0 aromatic carbocycles. The molecule has 1 aromatic heterocycles. The van der Waals surface area contributed by atoms with Gasteiger partial charge in [0.15, 0.2) is 0 Å². The number of nitrogens with two attached hydrogens (primary N) is 1. The Balaban J connectivity index is 2.43. The molecule has 4 heteroatoms. The largest absolute Gasteiger partial charge is 0.352 e. The maximum Gasteiger partial charge on any atom is 0.251 e. The molecule has 3 N–H and O–H groups in total. The third kappa shape index (κ3) is 4.95. The second-order valence-corrected chi connectivity index (χ2v) is 4.98. The van der Waals surface area contributed by atoms with Crippen LogP contribution in [0.2, 0.25) is 0 Å². The highest BCUT2D eigenvalue weighted by atomic mass is 16.1. The van der Waals surface area contributed by atoms with Gasteiger partial charge in [-0.15, -0.1) is 0 Å². The van der Waals surface area contributed by atoms with Crippen LogP contribution in [0.4, 0.5) is 0 Å². The molecule has 0 saturated carbocycles. The van der Waals surface area contributed by atoms with Crippen molar-refractivity contribution in [2.45, 2.75) is 26.7 Å². The van der Waals surface area contributed by atoms with E-state index >= 15 is 0 Å². The maximum atomic E-state index is 11.8. The van der Waals surface area contributed by atoms with Crippen LogP contribution in [-0.4, -0.2) is 24.0 Å². The number of hydrogen-bond donors (Lipinski definition) is 2. The number of pyridine rings is 1. The van der Waals surface area contributed by atoms with Crippen LogP contribution in [0.25, 0.3) is 0 Å². The minimum Gasteiger partial charge on any atom is -0.352 e. The SMILES string of the molecule is CC(C)(CCCN)CNC(=O)c1ccncc1. The van der Waals surface area contributed by atoms with Gasteiger partial charge in [0.05, 0.1) is 0 Å². The van der Waals surface area contributed by atoms with Gasteiger partial charge in [-0.1, -0.05) is 13.8 Å². The molecule has 17 heavy (non-hydrogen) atoms. The van der Waals surface area contributed by atoms with Crippen LogP contribution in [0, 0.1) is 5.41 Å². The van der Waals surface area contributed by atoms with Crippen molar-refractivity contribution in [3.05, 3.63) is 30.1 Å². The first-order valence-electron chi connectivity index (χ1n) is 5.93. The van der Waals surface area contributed by atoms with Gasteiger partial charge in [0, 0.05) is 24.5 Å². The van der Waals surface area contributed by atoms with Crippen LogP contribution in [0.5, 0.6) is 0 Å². The lowest BCUT2D eigenvalue weighted by Crippen LogP contribution is -2.34. The van der Waals surface area contributed by atoms with Crippen LogP contribution >= 0.6 is 0 Å². The molecule has 0 spiro atoms. The predicted molar refractivity (Wildman–Crippen MR) is 68.6 cm³/mol. The summed E-state index contributed by atoms with van der Waals surface area (Å²) in [5, 5.41) is 2.94. The Kier molecular flexibility index (Phi) is 5.10. The van der Waals surface area contributed by atoms with Crippen LogP contribution in [0.3, 0.4) is 0 Å². The Morgan fingerprint density at radius 3 is 2.65 bits per heavy atom. The normalized spacial score (nSPS) is 11.2. The third-order valence-corrected chi connectivity index (χ3v) is 2.73. The summed E-state index contributed by atoms with van der Waals surface area (Å²) in [5.41, 5.74) is 6.22. The van der Waals surface area contributed by atoms with Crippen molar-refractivity contribution in [3.63, 3.8) is 0 Å². The van der Waals surface area contributed by atoms with Gasteiger partial charge in [-0.3, -0.25) is 9.78 Å². The average molecular weight is 235 g/mol. The highest BCUT2D eigenvalue weighted by Crippen LogP contribution is 2.20. The fraction of sp³-hybridized carbons (Fsp3) is 0.538. The number of hydrogen-bond acceptors (Lipinski definition) is 3. The van der Waals surface area contributed by atoms with E-state index < -0.39 is 0 Å². The third-order valence-electron chi connectivity index (χ3n) is 2.73. The van der Waals surface area contributed by atoms with Crippen LogP contribution in [0.15, 0.2) is 24.5 Å². The van der Waals surface area contributed by atoms with Gasteiger partial charge in [-0.05, 0) is 36.9 Å². The molecule has 0 aliphatic carbocycles. The quantitative estimate of drug-likeness (QED) is 0.786. The van der Waals surface area contributed by atoms with E-state index in [4.69, 9.17) is 5.73 Å². The standard InChI is InChI=1S/C13H21N3O/c1-13(2,6-3-7-14)10-16-12(17)11-4-8-15-9-5-11/h4-5,8-9H,3,6-7,10,14H2,1-2H3,(H,16,17). The summed E-state index contributed by atoms with van der Waals surface area (Å²) in [4.78, 5) is 15.7. The number of aromatic nitrogens is 1. The second-order valence-electron chi connectivity index (χ2n) is 4.98. The molecule has 94 valence electrons. The van der Waals surface area contributed by atoms with Gasteiger partial charge in [0.2, 0.25) is 0 Å². The summed E-state index contributed by atoms with van der Waals surface area (Å²) in [7, 11) is 0. The molecule has 0 radical (unpaired) electrons. The summed E-state index contributed by atoms with van der Waals surface area (Å²) in [5.74, 6) is -0.0479. The number of rotatable bonds is 6. The van der Waals surface area contributed by atoms with Crippen LogP contribution in [0.1, 0.15) is 37.0 Å². The Morgan fingerprint density at radius 1 is 1.41 bits per heavy atom. The van der Waals surface area contributed by atoms with Crippen LogP contribution < -0.4 is 11.1 Å². The molecule has 0 atom stereocenters. The van der Waals surface area contributed by atoms with E-state index in [9.17, 15) is 4.79 Å². The molecule has 1 heterocycles. The highest BCUT2D eigenvalue weighted by Gasteiger charge is 2.18. The summed E-state index contributed by atoms with van der Waals surface area (Å²) in [6.45, 7) is 5.63. The zero-order valence-corrected chi connectivity index (χ0v) is 10.6. The smallest absolute Gasteiger partial charge is 0.251 e. The van der Waals surface area contributed by atoms with E-state index in [1.807, 2.05) is 0 Å². The molecule has 1 aromatic rings. The molecule has 1 amide bonds. The monoisotopic (exact) mass is 235 g/mol. The molecule has 4 nitrogen and oxygen atoms in total. The molecule has 0 saturated heterocycles. The number of carbonyl (C=O) groups is 1. The zero-order chi connectivity index (χ0) is 12.7. The van der Waals surface area contributed by atoms with Crippen molar-refractivity contribution in [3.8, 4) is 0 Å². The predicted octanol–water partition coefficient (Wildman–Crippen LogP) is 1.58. The molecule has 0 aliphatic rings. The van der Waals surface area contributed by atoms with E-state index in [2.05, 4.69) is 24.1 Å². The first-order valence-corrected chi connectivity index (χ1v) is 5.93. The van der Waals surface area contributed by atoms with Gasteiger partial charge >= 0.3 is 0 Å². The number of nitrogens with one attached hydrogen (secondary N) is 1. The zero-order valence-electron chi connectivity index (χ0n) is 10.6. The van der Waals surface area contributed by atoms with E-state index in [-0.39, 0.29) is 11.3 Å². The lowest BCUT2D eigenvalue weighted by Gasteiger charge is -2.24. The number of nitrogens with zero attached hydrogens (tertiary/aromatic N) is 1. The van der Waals surface area contributed by atoms with Gasteiger partial charge in [-0.25, -0.2) is 0 Å². The average Bonchev–Trinajstić information content (AvgIpc) is 2.35. The Morgan fingerprint density at radius 2 is 2.06 bits per heavy atom. The second kappa shape index (κ2) is 6.35. The first-order chi connectivity index (χ1) is 8.05. The molecule has 0 aliphatic heterocycles. The number of amides is 1. The van der Waals surface area contributed by atoms with E-state index in [1.165, 1.54) is 0 Å². The van der Waals surface area contributed by atoms with Gasteiger partial charge in [-0.2, -0.15) is 0 Å². The maximum absolute atomic E-state index is 11.8. The Bertz CT molecular complexity index is 349. The summed E-state index contributed by atoms with van der Waals surface area (Å²) in [6.07, 6.45) is 5.24. The topological polar surface area (TPSA) is 68.0 Å². The lowest BCUT2D eigenvalue weighted by molar-refractivity contribution is 0.0934. The number of carbonyl (C=O) groups excluding carboxylic acids is 1. The molecule has 0 bridgehead atoms. The van der Waals surface area contributed by atoms with Crippen molar-refractivity contribution in [2.24, 2.45) is 11.1 Å². The minimum absolute atomic E-state index is 0.0479. The fourth-order valence-corrected chi connectivity index (χ4v) is 1.59. The minimum atomic E-state index is -0.0479. The van der Waals surface area contributed by atoms with Crippen LogP contribution in [-0.2, 0) is 0 Å². The molecular weight excluding hydrogens is 214 g/mol. The Hall–Kier alpha value is -1.42. The van der Waals surface area contributed by atoms with Crippen molar-refractivity contribution in [1.29, 1.82) is 0 Å². The molecule has 0 unspecified atom stereocenters. The highest BCUT2D eigenvalue weighted by molar-refractivity contribution is 5.93. The van der Waals surface area contributed by atoms with E-state index in [0.717, 1.165) is 12.8 Å². The summed E-state index contributed by atoms with van der Waals surface area (Å²) >= 11 is 0. The summed E-state index contributed by atoms with van der Waals surface area (Å²) < 4.78 is 0. The molecular formula is C13H21N3O. The molecule has 1 rings (SSSR count). The van der Waals surface area contributed by atoms with E-state index in [1.54, 1.807) is 24.5 Å². The first kappa shape index (κ1) is 13.6. The Labute approximate surface area is 103 Å². The van der Waals surface area contributed by atoms with Crippen molar-refractivity contribution >= 4 is 5.91 Å². The van der Waals surface area contributed by atoms with Crippen molar-refractivity contribution in [1.82, 2.24) is 10.3 Å².